The number of hydrogen-bond acceptors (Lipinski definition) is 5. The first-order chi connectivity index (χ1) is 10.3. The minimum atomic E-state index is -1.10. The fourth-order valence-electron chi connectivity index (χ4n) is 1.69. The van der Waals surface area contributed by atoms with Crippen molar-refractivity contribution in [2.45, 2.75) is 0 Å². The summed E-state index contributed by atoms with van der Waals surface area (Å²) in [6.45, 7) is 0. The SMILES string of the molecule is O=c1[nH]c(/C=C/c2cc(Br)cc(I)c2O)c([N+](=O)[O-])c(=O)[nH]1. The van der Waals surface area contributed by atoms with E-state index in [0.717, 1.165) is 0 Å². The molecule has 0 unspecified atom stereocenters. The van der Waals surface area contributed by atoms with Gasteiger partial charge in [0.1, 0.15) is 11.4 Å². The van der Waals surface area contributed by atoms with Gasteiger partial charge in [0.05, 0.1) is 8.49 Å². The van der Waals surface area contributed by atoms with Crippen LogP contribution in [0.15, 0.2) is 26.2 Å². The molecule has 0 saturated heterocycles. The molecule has 0 radical (unpaired) electrons. The average Bonchev–Trinajstić information content (AvgIpc) is 2.39. The first kappa shape index (κ1) is 16.4. The number of hydrogen-bond donors (Lipinski definition) is 3. The highest BCUT2D eigenvalue weighted by atomic mass is 127. The van der Waals surface area contributed by atoms with Crippen molar-refractivity contribution in [3.8, 4) is 5.75 Å². The molecule has 0 spiro atoms. The Morgan fingerprint density at radius 3 is 2.59 bits per heavy atom. The van der Waals surface area contributed by atoms with E-state index in [-0.39, 0.29) is 11.4 Å². The van der Waals surface area contributed by atoms with E-state index in [2.05, 4.69) is 20.9 Å². The van der Waals surface area contributed by atoms with Gasteiger partial charge in [0, 0.05) is 10.0 Å². The number of aromatic hydroxyl groups is 1. The molecule has 0 amide bonds. The summed E-state index contributed by atoms with van der Waals surface area (Å²) >= 11 is 5.19. The lowest BCUT2D eigenvalue weighted by Crippen LogP contribution is -2.25. The molecule has 2 aromatic rings. The van der Waals surface area contributed by atoms with E-state index in [1.54, 1.807) is 17.1 Å². The molecule has 1 aromatic heterocycles. The van der Waals surface area contributed by atoms with Crippen molar-refractivity contribution in [2.75, 3.05) is 0 Å². The quantitative estimate of drug-likeness (QED) is 0.353. The fourth-order valence-corrected chi connectivity index (χ4v) is 3.24. The first-order valence-corrected chi connectivity index (χ1v) is 7.54. The molecule has 1 aromatic carbocycles. The molecule has 0 fully saturated rings. The van der Waals surface area contributed by atoms with Gasteiger partial charge in [-0.1, -0.05) is 15.9 Å². The van der Waals surface area contributed by atoms with Crippen LogP contribution < -0.4 is 11.2 Å². The maximum absolute atomic E-state index is 11.5. The number of halogens is 2. The van der Waals surface area contributed by atoms with E-state index in [1.807, 2.05) is 22.6 Å². The van der Waals surface area contributed by atoms with Crippen LogP contribution in [0.3, 0.4) is 0 Å². The summed E-state index contributed by atoms with van der Waals surface area (Å²) < 4.78 is 1.27. The number of rotatable bonds is 3. The zero-order valence-electron chi connectivity index (χ0n) is 10.6. The van der Waals surface area contributed by atoms with E-state index in [9.17, 15) is 24.8 Å². The number of phenols is 1. The Labute approximate surface area is 144 Å². The Kier molecular flexibility index (Phi) is 4.81. The molecule has 1 heterocycles. The summed E-state index contributed by atoms with van der Waals surface area (Å²) in [6, 6.07) is 3.27. The maximum atomic E-state index is 11.5. The van der Waals surface area contributed by atoms with Gasteiger partial charge in [0.25, 0.3) is 0 Å². The van der Waals surface area contributed by atoms with E-state index in [0.29, 0.717) is 13.6 Å². The van der Waals surface area contributed by atoms with Crippen molar-refractivity contribution in [3.05, 3.63) is 62.4 Å². The number of phenolic OH excluding ortho intramolecular Hbond substituents is 1. The van der Waals surface area contributed by atoms with Gasteiger partial charge in [-0.25, -0.2) is 4.79 Å². The highest BCUT2D eigenvalue weighted by molar-refractivity contribution is 14.1. The van der Waals surface area contributed by atoms with Crippen LogP contribution in [0.5, 0.6) is 5.75 Å². The van der Waals surface area contributed by atoms with Gasteiger partial charge < -0.3 is 10.1 Å². The van der Waals surface area contributed by atoms with Gasteiger partial charge in [-0.15, -0.1) is 0 Å². The third kappa shape index (κ3) is 3.44. The van der Waals surface area contributed by atoms with Crippen LogP contribution >= 0.6 is 38.5 Å². The summed E-state index contributed by atoms with van der Waals surface area (Å²) in [4.78, 5) is 36.7. The van der Waals surface area contributed by atoms with Crippen molar-refractivity contribution in [1.82, 2.24) is 9.97 Å². The minimum Gasteiger partial charge on any atom is -0.506 e. The van der Waals surface area contributed by atoms with E-state index < -0.39 is 21.9 Å². The maximum Gasteiger partial charge on any atom is 0.357 e. The molecule has 0 saturated carbocycles. The molecular formula is C12H7BrIN3O5. The third-order valence-electron chi connectivity index (χ3n) is 2.62. The summed E-state index contributed by atoms with van der Waals surface area (Å²) in [6.07, 6.45) is 2.55. The van der Waals surface area contributed by atoms with Gasteiger partial charge in [-0.05, 0) is 46.9 Å². The number of benzene rings is 1. The van der Waals surface area contributed by atoms with Crippen LogP contribution in [-0.2, 0) is 0 Å². The van der Waals surface area contributed by atoms with Crippen molar-refractivity contribution in [2.24, 2.45) is 0 Å². The van der Waals surface area contributed by atoms with Gasteiger partial charge in [0.2, 0.25) is 0 Å². The van der Waals surface area contributed by atoms with E-state index in [1.165, 1.54) is 12.2 Å². The van der Waals surface area contributed by atoms with Crippen molar-refractivity contribution in [3.63, 3.8) is 0 Å². The number of nitrogens with one attached hydrogen (secondary N) is 2. The molecule has 10 heteroatoms. The average molecular weight is 480 g/mol. The molecule has 22 heavy (non-hydrogen) atoms. The molecule has 0 aliphatic heterocycles. The normalized spacial score (nSPS) is 11.0. The summed E-state index contributed by atoms with van der Waals surface area (Å²) in [5.41, 5.74) is -2.62. The summed E-state index contributed by atoms with van der Waals surface area (Å²) in [5, 5.41) is 20.8. The van der Waals surface area contributed by atoms with Crippen LogP contribution in [0.1, 0.15) is 11.3 Å². The Morgan fingerprint density at radius 1 is 1.27 bits per heavy atom. The Bertz CT molecular complexity index is 903. The lowest BCUT2D eigenvalue weighted by atomic mass is 10.1. The predicted octanol–water partition coefficient (Wildman–Crippen LogP) is 2.21. The Balaban J connectivity index is 2.59. The second kappa shape index (κ2) is 6.44. The summed E-state index contributed by atoms with van der Waals surface area (Å²) in [7, 11) is 0. The molecule has 0 aliphatic carbocycles. The van der Waals surface area contributed by atoms with Crippen LogP contribution in [0.25, 0.3) is 12.2 Å². The molecule has 0 atom stereocenters. The number of nitro groups is 1. The lowest BCUT2D eigenvalue weighted by Gasteiger charge is -2.03. The number of H-pyrrole nitrogens is 2. The highest BCUT2D eigenvalue weighted by Gasteiger charge is 2.19. The van der Waals surface area contributed by atoms with Crippen molar-refractivity contribution >= 4 is 56.4 Å². The van der Waals surface area contributed by atoms with Crippen LogP contribution in [0.4, 0.5) is 5.69 Å². The van der Waals surface area contributed by atoms with E-state index in [4.69, 9.17) is 0 Å². The number of aromatic nitrogens is 2. The van der Waals surface area contributed by atoms with Crippen LogP contribution in [0.2, 0.25) is 0 Å². The van der Waals surface area contributed by atoms with Gasteiger partial charge >= 0.3 is 16.9 Å². The second-order valence-corrected chi connectivity index (χ2v) is 6.16. The highest BCUT2D eigenvalue weighted by Crippen LogP contribution is 2.30. The predicted molar refractivity (Wildman–Crippen MR) is 91.8 cm³/mol. The topological polar surface area (TPSA) is 129 Å². The molecule has 0 aliphatic rings. The Morgan fingerprint density at radius 2 is 1.95 bits per heavy atom. The fraction of sp³-hybridized carbons (Fsp3) is 0. The van der Waals surface area contributed by atoms with Crippen molar-refractivity contribution in [1.29, 1.82) is 0 Å². The van der Waals surface area contributed by atoms with Crippen molar-refractivity contribution < 1.29 is 10.0 Å². The third-order valence-corrected chi connectivity index (χ3v) is 3.90. The Hall–Kier alpha value is -1.95. The molecule has 3 N–H and O–H groups in total. The second-order valence-electron chi connectivity index (χ2n) is 4.09. The largest absolute Gasteiger partial charge is 0.506 e. The standard InChI is InChI=1S/C12H7BrIN3O5/c13-6-3-5(10(18)7(14)4-6)1-2-8-9(17(21)22)11(19)16-12(20)15-8/h1-4,18H,(H2,15,16,19,20)/b2-1+. The van der Waals surface area contributed by atoms with Crippen LogP contribution in [-0.4, -0.2) is 20.0 Å². The number of nitrogens with zero attached hydrogens (tertiary/aromatic N) is 1. The zero-order chi connectivity index (χ0) is 16.4. The molecule has 114 valence electrons. The monoisotopic (exact) mass is 479 g/mol. The summed E-state index contributed by atoms with van der Waals surface area (Å²) in [5.74, 6) is -0.0186. The van der Waals surface area contributed by atoms with Crippen LogP contribution in [0, 0.1) is 13.7 Å². The zero-order valence-corrected chi connectivity index (χ0v) is 14.3. The smallest absolute Gasteiger partial charge is 0.357 e. The minimum absolute atomic E-state index is 0.0186. The lowest BCUT2D eigenvalue weighted by molar-refractivity contribution is -0.386. The molecule has 8 nitrogen and oxygen atoms in total. The molecule has 0 bridgehead atoms. The van der Waals surface area contributed by atoms with E-state index >= 15 is 0 Å². The van der Waals surface area contributed by atoms with Gasteiger partial charge in [0.15, 0.2) is 0 Å². The first-order valence-electron chi connectivity index (χ1n) is 5.66. The van der Waals surface area contributed by atoms with Gasteiger partial charge in [-0.3, -0.25) is 19.9 Å². The molecule has 2 rings (SSSR count). The molecular weight excluding hydrogens is 473 g/mol. The van der Waals surface area contributed by atoms with Gasteiger partial charge in [-0.2, -0.15) is 0 Å². The number of aromatic amines is 2.